The molecule has 4 aliphatic heterocycles. The van der Waals surface area contributed by atoms with Crippen LogP contribution >= 0.6 is 11.6 Å². The molecule has 2 bridgehead atoms. The number of hydrogen-bond acceptors (Lipinski definition) is 5. The first kappa shape index (κ1) is 26.1. The molecule has 4 heterocycles. The molecule has 204 valence electrons. The second kappa shape index (κ2) is 10.1. The summed E-state index contributed by atoms with van der Waals surface area (Å²) in [5.74, 6) is 0. The molecule has 6 rings (SSSR count). The second-order valence-corrected chi connectivity index (χ2v) is 13.7. The maximum Gasteiger partial charge on any atom is 0.410 e. The van der Waals surface area contributed by atoms with Gasteiger partial charge in [0.25, 0.3) is 0 Å². The van der Waals surface area contributed by atoms with Crippen molar-refractivity contribution in [2.75, 3.05) is 26.2 Å². The largest absolute Gasteiger partial charge is 0.450 e. The normalized spacial score (nSPS) is 27.3. The summed E-state index contributed by atoms with van der Waals surface area (Å²) in [4.78, 5) is 17.4. The molecule has 2 aromatic carbocycles. The zero-order chi connectivity index (χ0) is 26.5. The number of halogens is 1. The summed E-state index contributed by atoms with van der Waals surface area (Å²) in [7, 11) is -3.64. The molecule has 9 heteroatoms. The summed E-state index contributed by atoms with van der Waals surface area (Å²) in [6.07, 6.45) is 5.79. The van der Waals surface area contributed by atoms with Crippen LogP contribution in [-0.4, -0.2) is 73.0 Å². The highest BCUT2D eigenvalue weighted by atomic mass is 35.5. The van der Waals surface area contributed by atoms with Gasteiger partial charge in [0.05, 0.1) is 11.5 Å². The van der Waals surface area contributed by atoms with Crippen LogP contribution in [0, 0.1) is 0 Å². The highest BCUT2D eigenvalue weighted by Gasteiger charge is 2.49. The van der Waals surface area contributed by atoms with E-state index in [1.54, 1.807) is 28.6 Å². The molecule has 3 saturated heterocycles. The van der Waals surface area contributed by atoms with Crippen LogP contribution in [0.3, 0.4) is 0 Å². The van der Waals surface area contributed by atoms with E-state index < -0.39 is 10.0 Å². The maximum atomic E-state index is 13.7. The van der Waals surface area contributed by atoms with Crippen LogP contribution in [0.15, 0.2) is 53.4 Å². The monoisotopic (exact) mass is 557 g/mol. The fraction of sp³-hybridized carbons (Fsp3) is 0.552. The highest BCUT2D eigenvalue weighted by Crippen LogP contribution is 2.45. The summed E-state index contributed by atoms with van der Waals surface area (Å²) >= 11 is 6.03. The van der Waals surface area contributed by atoms with Crippen LogP contribution in [0.2, 0.25) is 5.02 Å². The Morgan fingerprint density at radius 1 is 1.00 bits per heavy atom. The Kier molecular flexibility index (Phi) is 6.95. The van der Waals surface area contributed by atoms with Crippen molar-refractivity contribution in [3.8, 4) is 0 Å². The molecule has 7 nitrogen and oxygen atoms in total. The van der Waals surface area contributed by atoms with Crippen molar-refractivity contribution in [2.24, 2.45) is 0 Å². The van der Waals surface area contributed by atoms with Crippen molar-refractivity contribution in [2.45, 2.75) is 80.4 Å². The smallest absolute Gasteiger partial charge is 0.410 e. The number of benzene rings is 2. The van der Waals surface area contributed by atoms with Gasteiger partial charge >= 0.3 is 6.09 Å². The molecule has 4 aliphatic rings. The zero-order valence-corrected chi connectivity index (χ0v) is 23.5. The van der Waals surface area contributed by atoms with Gasteiger partial charge < -0.3 is 14.5 Å². The van der Waals surface area contributed by atoms with Crippen molar-refractivity contribution in [3.63, 3.8) is 0 Å². The van der Waals surface area contributed by atoms with Gasteiger partial charge in [-0.2, -0.15) is 4.31 Å². The van der Waals surface area contributed by atoms with Crippen LogP contribution in [0.25, 0.3) is 0 Å². The fourth-order valence-corrected chi connectivity index (χ4v) is 9.09. The third-order valence-corrected chi connectivity index (χ3v) is 11.4. The second-order valence-electron chi connectivity index (χ2n) is 11.3. The van der Waals surface area contributed by atoms with Gasteiger partial charge in [-0.25, -0.2) is 13.2 Å². The number of sulfonamides is 1. The lowest BCUT2D eigenvalue weighted by molar-refractivity contribution is 0.0237. The third kappa shape index (κ3) is 4.53. The Bertz CT molecular complexity index is 1280. The Labute approximate surface area is 230 Å². The van der Waals surface area contributed by atoms with E-state index >= 15 is 0 Å². The lowest BCUT2D eigenvalue weighted by atomic mass is 9.69. The highest BCUT2D eigenvalue weighted by molar-refractivity contribution is 7.89. The lowest BCUT2D eigenvalue weighted by Crippen LogP contribution is -2.57. The summed E-state index contributed by atoms with van der Waals surface area (Å²) in [6.45, 7) is 5.04. The Morgan fingerprint density at radius 2 is 1.66 bits per heavy atom. The number of likely N-dealkylation sites (tertiary alicyclic amines) is 1. The van der Waals surface area contributed by atoms with Crippen LogP contribution in [0.5, 0.6) is 0 Å². The topological polar surface area (TPSA) is 70.2 Å². The van der Waals surface area contributed by atoms with Gasteiger partial charge in [0.1, 0.15) is 0 Å². The molecule has 2 unspecified atom stereocenters. The van der Waals surface area contributed by atoms with Gasteiger partial charge in [0.2, 0.25) is 10.0 Å². The maximum absolute atomic E-state index is 13.7. The van der Waals surface area contributed by atoms with Gasteiger partial charge in [-0.15, -0.1) is 0 Å². The summed E-state index contributed by atoms with van der Waals surface area (Å²) in [5, 5.41) is 0.526. The van der Waals surface area contributed by atoms with Crippen LogP contribution in [-0.2, 0) is 26.7 Å². The van der Waals surface area contributed by atoms with Crippen LogP contribution in [0.1, 0.15) is 56.6 Å². The molecule has 2 aromatic rings. The van der Waals surface area contributed by atoms with Gasteiger partial charge in [-0.1, -0.05) is 35.9 Å². The van der Waals surface area contributed by atoms with Crippen LogP contribution in [0.4, 0.5) is 4.79 Å². The number of amides is 1. The summed E-state index contributed by atoms with van der Waals surface area (Å²) in [5.41, 5.74) is 2.21. The number of rotatable bonds is 4. The fourth-order valence-electron chi connectivity index (χ4n) is 7.46. The molecule has 2 atom stereocenters. The van der Waals surface area contributed by atoms with E-state index in [1.165, 1.54) is 5.56 Å². The number of piperidine rings is 2. The molecular formula is C29H36ClN3O4S. The number of hydrogen-bond donors (Lipinski definition) is 0. The molecule has 0 saturated carbocycles. The van der Waals surface area contributed by atoms with Gasteiger partial charge in [-0.3, -0.25) is 0 Å². The molecule has 0 N–H and O–H groups in total. The Morgan fingerprint density at radius 3 is 2.32 bits per heavy atom. The van der Waals surface area contributed by atoms with Crippen molar-refractivity contribution < 1.29 is 17.9 Å². The molecule has 0 radical (unpaired) electrons. The van der Waals surface area contributed by atoms with E-state index in [2.05, 4.69) is 23.1 Å². The standard InChI is InChI=1S/C29H36ClN3O4S/c1-2-37-28(34)33-23-9-10-24(33)18-25(17-23)31-15-13-29(14-16-31)20-32(19-21-5-3-4-6-27(21)29)38(35,36)26-11-7-22(30)8-12-26/h3-8,11-12,23-25H,2,9-10,13-20H2,1H3. The summed E-state index contributed by atoms with van der Waals surface area (Å²) < 4.78 is 34.4. The molecule has 1 spiro atoms. The van der Waals surface area contributed by atoms with E-state index in [9.17, 15) is 13.2 Å². The number of nitrogens with zero attached hydrogens (tertiary/aromatic N) is 3. The van der Waals surface area contributed by atoms with E-state index in [0.717, 1.165) is 57.2 Å². The molecular weight excluding hydrogens is 522 g/mol. The number of ether oxygens (including phenoxy) is 1. The van der Waals surface area contributed by atoms with Gasteiger partial charge in [0, 0.05) is 41.7 Å². The first-order valence-corrected chi connectivity index (χ1v) is 15.7. The number of fused-ring (bicyclic) bond motifs is 4. The average molecular weight is 558 g/mol. The van der Waals surface area contributed by atoms with Crippen molar-refractivity contribution in [1.29, 1.82) is 0 Å². The molecule has 0 aromatic heterocycles. The van der Waals surface area contributed by atoms with Crippen molar-refractivity contribution >= 4 is 27.7 Å². The zero-order valence-electron chi connectivity index (χ0n) is 21.9. The third-order valence-electron chi connectivity index (χ3n) is 9.32. The average Bonchev–Trinajstić information content (AvgIpc) is 3.19. The van der Waals surface area contributed by atoms with E-state index in [0.29, 0.717) is 30.8 Å². The Hall–Kier alpha value is -2.13. The minimum Gasteiger partial charge on any atom is -0.450 e. The Balaban J connectivity index is 1.20. The SMILES string of the molecule is CCOC(=O)N1C2CCC1CC(N1CCC3(CC1)CN(S(=O)(=O)c1ccc(Cl)cc1)Cc1ccccc13)C2. The van der Waals surface area contributed by atoms with Gasteiger partial charge in [0.15, 0.2) is 0 Å². The van der Waals surface area contributed by atoms with Crippen LogP contribution < -0.4 is 0 Å². The number of carbonyl (C=O) groups is 1. The lowest BCUT2D eigenvalue weighted by Gasteiger charge is -2.51. The molecule has 38 heavy (non-hydrogen) atoms. The summed E-state index contributed by atoms with van der Waals surface area (Å²) in [6, 6.07) is 15.9. The molecule has 1 amide bonds. The minimum atomic E-state index is -3.64. The van der Waals surface area contributed by atoms with E-state index in [-0.39, 0.29) is 28.5 Å². The van der Waals surface area contributed by atoms with Crippen molar-refractivity contribution in [1.82, 2.24) is 14.1 Å². The molecule has 3 fully saturated rings. The predicted octanol–water partition coefficient (Wildman–Crippen LogP) is 5.03. The van der Waals surface area contributed by atoms with E-state index in [4.69, 9.17) is 16.3 Å². The van der Waals surface area contributed by atoms with Gasteiger partial charge in [-0.05, 0) is 93.9 Å². The predicted molar refractivity (Wildman–Crippen MR) is 147 cm³/mol. The van der Waals surface area contributed by atoms with Crippen molar-refractivity contribution in [3.05, 3.63) is 64.7 Å². The molecule has 0 aliphatic carbocycles. The first-order valence-electron chi connectivity index (χ1n) is 13.8. The first-order chi connectivity index (χ1) is 18.3. The minimum absolute atomic E-state index is 0.156. The quantitative estimate of drug-likeness (QED) is 0.527. The van der Waals surface area contributed by atoms with E-state index in [1.807, 2.05) is 17.9 Å². The number of carbonyl (C=O) groups excluding carboxylic acids is 1.